The summed E-state index contributed by atoms with van der Waals surface area (Å²) in [5.74, 6) is 0. The Bertz CT molecular complexity index is 59.0. The van der Waals surface area contributed by atoms with Crippen molar-refractivity contribution in [3.8, 4) is 0 Å². The SMILES string of the molecule is [B]CC(Br)CCCCBr. The fourth-order valence-corrected chi connectivity index (χ4v) is 1.30. The Morgan fingerprint density at radius 3 is 2.44 bits per heavy atom. The van der Waals surface area contributed by atoms with Crippen molar-refractivity contribution in [2.45, 2.75) is 30.4 Å². The molecule has 0 rings (SSSR count). The van der Waals surface area contributed by atoms with Crippen LogP contribution in [0.25, 0.3) is 0 Å². The molecule has 0 aromatic carbocycles. The van der Waals surface area contributed by atoms with E-state index in [4.69, 9.17) is 7.85 Å². The van der Waals surface area contributed by atoms with E-state index in [-0.39, 0.29) is 0 Å². The van der Waals surface area contributed by atoms with Crippen molar-refractivity contribution >= 4 is 39.7 Å². The Balaban J connectivity index is 2.88. The van der Waals surface area contributed by atoms with E-state index in [1.54, 1.807) is 0 Å². The monoisotopic (exact) mass is 252 g/mol. The van der Waals surface area contributed by atoms with Gasteiger partial charge in [0.15, 0.2) is 0 Å². The van der Waals surface area contributed by atoms with Gasteiger partial charge in [-0.25, -0.2) is 0 Å². The molecule has 0 fully saturated rings. The lowest BCUT2D eigenvalue weighted by Gasteiger charge is -2.03. The molecule has 0 saturated heterocycles. The highest BCUT2D eigenvalue weighted by Crippen LogP contribution is 2.12. The zero-order valence-corrected chi connectivity index (χ0v) is 8.62. The number of hydrogen-bond acceptors (Lipinski definition) is 0. The number of rotatable bonds is 5. The second-order valence-electron chi connectivity index (χ2n) is 2.02. The van der Waals surface area contributed by atoms with Crippen molar-refractivity contribution in [1.29, 1.82) is 0 Å². The summed E-state index contributed by atoms with van der Waals surface area (Å²) in [6.45, 7) is 0. The van der Waals surface area contributed by atoms with Crippen molar-refractivity contribution in [2.24, 2.45) is 0 Å². The summed E-state index contributed by atoms with van der Waals surface area (Å²) in [4.78, 5) is 0.525. The summed E-state index contributed by atoms with van der Waals surface area (Å²) in [6, 6.07) is 0. The van der Waals surface area contributed by atoms with Crippen molar-refractivity contribution in [3.63, 3.8) is 0 Å². The third-order valence-corrected chi connectivity index (χ3v) is 2.55. The molecular weight excluding hydrogens is 243 g/mol. The maximum atomic E-state index is 5.40. The molecule has 0 amide bonds. The molecule has 0 aliphatic carbocycles. The normalized spacial score (nSPS) is 13.6. The predicted octanol–water partition coefficient (Wildman–Crippen LogP) is 2.90. The van der Waals surface area contributed by atoms with Crippen molar-refractivity contribution in [3.05, 3.63) is 0 Å². The molecule has 0 aromatic rings. The molecule has 0 spiro atoms. The number of unbranched alkanes of at least 4 members (excludes halogenated alkanes) is 1. The van der Waals surface area contributed by atoms with Gasteiger partial charge in [-0.1, -0.05) is 44.6 Å². The zero-order chi connectivity index (χ0) is 7.11. The third-order valence-electron chi connectivity index (χ3n) is 1.16. The van der Waals surface area contributed by atoms with Crippen LogP contribution in [0.1, 0.15) is 19.3 Å². The summed E-state index contributed by atoms with van der Waals surface area (Å²) >= 11 is 6.84. The standard InChI is InChI=1S/C6H11BBr2/c7-5-6(9)3-1-2-4-8/h6H,1-5H2. The van der Waals surface area contributed by atoms with Gasteiger partial charge in [-0.05, 0) is 12.8 Å². The van der Waals surface area contributed by atoms with Crippen LogP contribution in [0.2, 0.25) is 6.32 Å². The molecule has 0 saturated carbocycles. The van der Waals surface area contributed by atoms with Crippen molar-refractivity contribution < 1.29 is 0 Å². The van der Waals surface area contributed by atoms with Gasteiger partial charge in [0, 0.05) is 10.2 Å². The van der Waals surface area contributed by atoms with Crippen LogP contribution in [0, 0.1) is 0 Å². The van der Waals surface area contributed by atoms with Crippen LogP contribution in [-0.2, 0) is 0 Å². The zero-order valence-electron chi connectivity index (χ0n) is 5.45. The second kappa shape index (κ2) is 7.14. The summed E-state index contributed by atoms with van der Waals surface area (Å²) in [5.41, 5.74) is 0. The first-order valence-corrected chi connectivity index (χ1v) is 5.25. The Labute approximate surface area is 75.5 Å². The molecule has 0 aliphatic rings. The van der Waals surface area contributed by atoms with E-state index in [0.717, 1.165) is 11.7 Å². The summed E-state index contributed by atoms with van der Waals surface area (Å²) in [6.07, 6.45) is 4.46. The van der Waals surface area contributed by atoms with Gasteiger partial charge in [0.1, 0.15) is 0 Å². The molecule has 2 radical (unpaired) electrons. The highest BCUT2D eigenvalue weighted by Gasteiger charge is 1.97. The highest BCUT2D eigenvalue weighted by molar-refractivity contribution is 9.09. The molecule has 3 heteroatoms. The molecule has 0 aliphatic heterocycles. The van der Waals surface area contributed by atoms with E-state index in [9.17, 15) is 0 Å². The van der Waals surface area contributed by atoms with Crippen LogP contribution >= 0.6 is 31.9 Å². The summed E-state index contributed by atoms with van der Waals surface area (Å²) in [5, 5.41) is 1.11. The molecule has 1 unspecified atom stereocenters. The van der Waals surface area contributed by atoms with Crippen LogP contribution in [-0.4, -0.2) is 18.0 Å². The minimum absolute atomic E-state index is 0.525. The van der Waals surface area contributed by atoms with Gasteiger partial charge in [-0.15, -0.1) is 0 Å². The Morgan fingerprint density at radius 1 is 1.33 bits per heavy atom. The van der Waals surface area contributed by atoms with Gasteiger partial charge in [-0.3, -0.25) is 0 Å². The van der Waals surface area contributed by atoms with E-state index in [1.807, 2.05) is 0 Å². The lowest BCUT2D eigenvalue weighted by molar-refractivity contribution is 0.726. The minimum atomic E-state index is 0.525. The van der Waals surface area contributed by atoms with Gasteiger partial charge < -0.3 is 0 Å². The van der Waals surface area contributed by atoms with Crippen molar-refractivity contribution in [1.82, 2.24) is 0 Å². The van der Waals surface area contributed by atoms with E-state index in [2.05, 4.69) is 31.9 Å². The molecule has 0 bridgehead atoms. The Hall–Kier alpha value is 1.02. The van der Waals surface area contributed by atoms with Crippen LogP contribution in [0.3, 0.4) is 0 Å². The van der Waals surface area contributed by atoms with Crippen LogP contribution < -0.4 is 0 Å². The first-order chi connectivity index (χ1) is 4.31. The minimum Gasteiger partial charge on any atom is -0.0928 e. The Kier molecular flexibility index (Phi) is 7.95. The lowest BCUT2D eigenvalue weighted by atomic mass is 9.99. The number of hydrogen-bond donors (Lipinski definition) is 0. The second-order valence-corrected chi connectivity index (χ2v) is 4.11. The van der Waals surface area contributed by atoms with Crippen LogP contribution in [0.15, 0.2) is 0 Å². The van der Waals surface area contributed by atoms with E-state index in [0.29, 0.717) is 4.83 Å². The largest absolute Gasteiger partial charge is 0.0928 e. The molecule has 1 atom stereocenters. The molecule has 0 N–H and O–H groups in total. The maximum Gasteiger partial charge on any atom is 0.0668 e. The van der Waals surface area contributed by atoms with Crippen LogP contribution in [0.4, 0.5) is 0 Å². The smallest absolute Gasteiger partial charge is 0.0668 e. The lowest BCUT2D eigenvalue weighted by Crippen LogP contribution is -1.95. The fourth-order valence-electron chi connectivity index (χ4n) is 0.578. The highest BCUT2D eigenvalue weighted by atomic mass is 79.9. The van der Waals surface area contributed by atoms with Crippen molar-refractivity contribution in [2.75, 3.05) is 5.33 Å². The molecule has 9 heavy (non-hydrogen) atoms. The molecule has 0 nitrogen and oxygen atoms in total. The number of halogens is 2. The van der Waals surface area contributed by atoms with Gasteiger partial charge >= 0.3 is 0 Å². The van der Waals surface area contributed by atoms with E-state index in [1.165, 1.54) is 19.3 Å². The molecule has 0 heterocycles. The number of alkyl halides is 2. The molecular formula is C6H11BBr2. The predicted molar refractivity (Wildman–Crippen MR) is 50.9 cm³/mol. The third kappa shape index (κ3) is 6.92. The van der Waals surface area contributed by atoms with Gasteiger partial charge in [0.25, 0.3) is 0 Å². The Morgan fingerprint density at radius 2 is 2.00 bits per heavy atom. The fraction of sp³-hybridized carbons (Fsp3) is 1.00. The topological polar surface area (TPSA) is 0 Å². The van der Waals surface area contributed by atoms with E-state index < -0.39 is 0 Å². The van der Waals surface area contributed by atoms with E-state index >= 15 is 0 Å². The first kappa shape index (κ1) is 10.0. The van der Waals surface area contributed by atoms with Gasteiger partial charge in [0.05, 0.1) is 7.85 Å². The quantitative estimate of drug-likeness (QED) is 0.402. The van der Waals surface area contributed by atoms with Gasteiger partial charge in [0.2, 0.25) is 0 Å². The molecule has 0 aromatic heterocycles. The average molecular weight is 254 g/mol. The molecule has 52 valence electrons. The maximum absolute atomic E-state index is 5.40. The van der Waals surface area contributed by atoms with Gasteiger partial charge in [-0.2, -0.15) is 0 Å². The average Bonchev–Trinajstić information content (AvgIpc) is 1.89. The summed E-state index contributed by atoms with van der Waals surface area (Å²) < 4.78 is 0. The van der Waals surface area contributed by atoms with Crippen LogP contribution in [0.5, 0.6) is 0 Å². The first-order valence-electron chi connectivity index (χ1n) is 3.21. The summed E-state index contributed by atoms with van der Waals surface area (Å²) in [7, 11) is 5.40.